The molecule has 0 unspecified atom stereocenters. The third kappa shape index (κ3) is 3.94. The molecule has 0 saturated heterocycles. The molecule has 1 aromatic heterocycles. The number of amides is 1. The quantitative estimate of drug-likeness (QED) is 0.843. The normalized spacial score (nSPS) is 9.86. The SMILES string of the molecule is Cc1ccc(C#CCCO)cc1C(=O)Nc1ccn(C)n1. The van der Waals surface area contributed by atoms with Crippen molar-refractivity contribution in [3.8, 4) is 11.8 Å². The van der Waals surface area contributed by atoms with Crippen LogP contribution in [0.4, 0.5) is 5.82 Å². The average molecular weight is 283 g/mol. The number of aliphatic hydroxyl groups is 1. The van der Waals surface area contributed by atoms with Gasteiger partial charge in [0.15, 0.2) is 5.82 Å². The van der Waals surface area contributed by atoms with Crippen molar-refractivity contribution in [1.29, 1.82) is 0 Å². The molecule has 0 spiro atoms. The zero-order valence-electron chi connectivity index (χ0n) is 12.1. The number of nitrogens with zero attached hydrogens (tertiary/aromatic N) is 2. The van der Waals surface area contributed by atoms with Crippen molar-refractivity contribution in [3.05, 3.63) is 47.2 Å². The highest BCUT2D eigenvalue weighted by molar-refractivity contribution is 6.05. The summed E-state index contributed by atoms with van der Waals surface area (Å²) in [5, 5.41) is 15.6. The Labute approximate surface area is 123 Å². The molecule has 21 heavy (non-hydrogen) atoms. The van der Waals surface area contributed by atoms with Gasteiger partial charge in [-0.25, -0.2) is 0 Å². The van der Waals surface area contributed by atoms with Crippen LogP contribution in [0.3, 0.4) is 0 Å². The monoisotopic (exact) mass is 283 g/mol. The van der Waals surface area contributed by atoms with Crippen molar-refractivity contribution in [2.45, 2.75) is 13.3 Å². The van der Waals surface area contributed by atoms with E-state index in [1.807, 2.05) is 19.1 Å². The van der Waals surface area contributed by atoms with E-state index in [2.05, 4.69) is 22.3 Å². The van der Waals surface area contributed by atoms with E-state index in [1.54, 1.807) is 30.1 Å². The molecule has 1 amide bonds. The summed E-state index contributed by atoms with van der Waals surface area (Å²) in [6.45, 7) is 1.91. The fourth-order valence-electron chi connectivity index (χ4n) is 1.83. The molecule has 1 aromatic carbocycles. The Balaban J connectivity index is 2.20. The van der Waals surface area contributed by atoms with Crippen molar-refractivity contribution in [2.24, 2.45) is 7.05 Å². The predicted octanol–water partition coefficient (Wildman–Crippen LogP) is 1.71. The first kappa shape index (κ1) is 14.8. The molecular weight excluding hydrogens is 266 g/mol. The third-order valence-electron chi connectivity index (χ3n) is 2.91. The molecule has 2 N–H and O–H groups in total. The number of aromatic nitrogens is 2. The molecule has 5 nitrogen and oxygen atoms in total. The van der Waals surface area contributed by atoms with Gasteiger partial charge in [-0.05, 0) is 24.6 Å². The van der Waals surface area contributed by atoms with Crippen LogP contribution in [0.15, 0.2) is 30.5 Å². The molecule has 0 radical (unpaired) electrons. The zero-order chi connectivity index (χ0) is 15.2. The highest BCUT2D eigenvalue weighted by Gasteiger charge is 2.11. The van der Waals surface area contributed by atoms with Crippen molar-refractivity contribution in [2.75, 3.05) is 11.9 Å². The third-order valence-corrected chi connectivity index (χ3v) is 2.91. The molecule has 0 aliphatic carbocycles. The van der Waals surface area contributed by atoms with Gasteiger partial charge in [0.2, 0.25) is 0 Å². The number of carbonyl (C=O) groups is 1. The fraction of sp³-hybridized carbons (Fsp3) is 0.250. The second-order valence-corrected chi connectivity index (χ2v) is 4.63. The lowest BCUT2D eigenvalue weighted by Crippen LogP contribution is -2.14. The zero-order valence-corrected chi connectivity index (χ0v) is 12.1. The molecule has 0 fully saturated rings. The maximum absolute atomic E-state index is 12.3. The van der Waals surface area contributed by atoms with Gasteiger partial charge in [-0.1, -0.05) is 17.9 Å². The lowest BCUT2D eigenvalue weighted by molar-refractivity contribution is 0.102. The number of aliphatic hydroxyl groups excluding tert-OH is 1. The van der Waals surface area contributed by atoms with Crippen LogP contribution in [-0.2, 0) is 7.05 Å². The number of aryl methyl sites for hydroxylation is 2. The topological polar surface area (TPSA) is 67.2 Å². The molecule has 2 aromatic rings. The van der Waals surface area contributed by atoms with Crippen LogP contribution in [0, 0.1) is 18.8 Å². The summed E-state index contributed by atoms with van der Waals surface area (Å²) in [6, 6.07) is 7.20. The minimum atomic E-state index is -0.211. The Hall–Kier alpha value is -2.58. The molecule has 5 heteroatoms. The molecule has 0 aliphatic rings. The second kappa shape index (κ2) is 6.73. The number of carbonyl (C=O) groups excluding carboxylic acids is 1. The van der Waals surface area contributed by atoms with Crippen LogP contribution in [-0.4, -0.2) is 27.4 Å². The van der Waals surface area contributed by atoms with Crippen molar-refractivity contribution in [3.63, 3.8) is 0 Å². The summed E-state index contributed by atoms with van der Waals surface area (Å²) in [5.74, 6) is 6.07. The largest absolute Gasteiger partial charge is 0.395 e. The first-order chi connectivity index (χ1) is 10.1. The Morgan fingerprint density at radius 3 is 2.90 bits per heavy atom. The summed E-state index contributed by atoms with van der Waals surface area (Å²) in [6.07, 6.45) is 2.18. The molecule has 1 heterocycles. The van der Waals surface area contributed by atoms with Crippen LogP contribution in [0.1, 0.15) is 27.9 Å². The summed E-state index contributed by atoms with van der Waals surface area (Å²) in [5.41, 5.74) is 2.19. The molecule has 2 rings (SSSR count). The van der Waals surface area contributed by atoms with Crippen molar-refractivity contribution < 1.29 is 9.90 Å². The number of benzene rings is 1. The number of hydrogen-bond acceptors (Lipinski definition) is 3. The minimum absolute atomic E-state index is 0.0336. The first-order valence-corrected chi connectivity index (χ1v) is 6.61. The number of hydrogen-bond donors (Lipinski definition) is 2. The van der Waals surface area contributed by atoms with Crippen LogP contribution in [0.2, 0.25) is 0 Å². The van der Waals surface area contributed by atoms with E-state index in [4.69, 9.17) is 5.11 Å². The molecule has 108 valence electrons. The minimum Gasteiger partial charge on any atom is -0.395 e. The Bertz CT molecular complexity index is 708. The molecular formula is C16H17N3O2. The maximum atomic E-state index is 12.3. The Morgan fingerprint density at radius 1 is 1.43 bits per heavy atom. The molecule has 0 saturated carbocycles. The summed E-state index contributed by atoms with van der Waals surface area (Å²) in [7, 11) is 1.79. The van der Waals surface area contributed by atoms with Crippen LogP contribution < -0.4 is 5.32 Å². The van der Waals surface area contributed by atoms with Crippen LogP contribution in [0.25, 0.3) is 0 Å². The standard InChI is InChI=1S/C16H17N3O2/c1-12-6-7-13(5-3-4-10-20)11-14(12)16(21)17-15-8-9-19(2)18-15/h6-9,11,20H,4,10H2,1-2H3,(H,17,18,21). The summed E-state index contributed by atoms with van der Waals surface area (Å²) in [4.78, 5) is 12.3. The average Bonchev–Trinajstić information content (AvgIpc) is 2.86. The highest BCUT2D eigenvalue weighted by atomic mass is 16.2. The lowest BCUT2D eigenvalue weighted by atomic mass is 10.0. The number of nitrogens with one attached hydrogen (secondary N) is 1. The predicted molar refractivity (Wildman–Crippen MR) is 80.9 cm³/mol. The maximum Gasteiger partial charge on any atom is 0.257 e. The van der Waals surface area contributed by atoms with Gasteiger partial charge < -0.3 is 10.4 Å². The Kier molecular flexibility index (Phi) is 4.75. The van der Waals surface area contributed by atoms with Gasteiger partial charge in [0.25, 0.3) is 5.91 Å². The van der Waals surface area contributed by atoms with Gasteiger partial charge in [-0.2, -0.15) is 5.10 Å². The van der Waals surface area contributed by atoms with E-state index in [-0.39, 0.29) is 12.5 Å². The fourth-order valence-corrected chi connectivity index (χ4v) is 1.83. The van der Waals surface area contributed by atoms with E-state index in [0.29, 0.717) is 17.8 Å². The molecule has 0 aliphatic heterocycles. The smallest absolute Gasteiger partial charge is 0.257 e. The van der Waals surface area contributed by atoms with Crippen LogP contribution >= 0.6 is 0 Å². The second-order valence-electron chi connectivity index (χ2n) is 4.63. The van der Waals surface area contributed by atoms with E-state index < -0.39 is 0 Å². The number of rotatable bonds is 3. The number of anilines is 1. The van der Waals surface area contributed by atoms with Crippen LogP contribution in [0.5, 0.6) is 0 Å². The molecule has 0 bridgehead atoms. The van der Waals surface area contributed by atoms with Gasteiger partial charge in [-0.15, -0.1) is 0 Å². The van der Waals surface area contributed by atoms with E-state index >= 15 is 0 Å². The van der Waals surface area contributed by atoms with Gasteiger partial charge in [0, 0.05) is 36.9 Å². The van der Waals surface area contributed by atoms with Crippen molar-refractivity contribution in [1.82, 2.24) is 9.78 Å². The Morgan fingerprint density at radius 2 is 2.24 bits per heavy atom. The van der Waals surface area contributed by atoms with Gasteiger partial charge in [0.1, 0.15) is 0 Å². The summed E-state index contributed by atoms with van der Waals surface area (Å²) >= 11 is 0. The lowest BCUT2D eigenvalue weighted by Gasteiger charge is -2.06. The summed E-state index contributed by atoms with van der Waals surface area (Å²) < 4.78 is 1.62. The highest BCUT2D eigenvalue weighted by Crippen LogP contribution is 2.13. The van der Waals surface area contributed by atoms with E-state index in [1.165, 1.54) is 0 Å². The van der Waals surface area contributed by atoms with Crippen molar-refractivity contribution >= 4 is 11.7 Å². The van der Waals surface area contributed by atoms with Gasteiger partial charge in [-0.3, -0.25) is 9.48 Å². The van der Waals surface area contributed by atoms with Gasteiger partial charge >= 0.3 is 0 Å². The van der Waals surface area contributed by atoms with Gasteiger partial charge in [0.05, 0.1) is 6.61 Å². The van der Waals surface area contributed by atoms with E-state index in [9.17, 15) is 4.79 Å². The first-order valence-electron chi connectivity index (χ1n) is 6.61. The molecule has 0 atom stereocenters. The van der Waals surface area contributed by atoms with E-state index in [0.717, 1.165) is 11.1 Å².